The first-order valence-corrected chi connectivity index (χ1v) is 9.96. The summed E-state index contributed by atoms with van der Waals surface area (Å²) in [5, 5.41) is 0. The summed E-state index contributed by atoms with van der Waals surface area (Å²) in [6, 6.07) is 11.0. The van der Waals surface area contributed by atoms with Gasteiger partial charge in [-0.25, -0.2) is 12.4 Å². The van der Waals surface area contributed by atoms with Gasteiger partial charge in [-0.3, -0.25) is 9.78 Å². The Bertz CT molecular complexity index is 1150. The number of aldehydes is 1. The van der Waals surface area contributed by atoms with Crippen LogP contribution in [0.4, 0.5) is 13.2 Å². The number of hydrogen-bond donors (Lipinski definition) is 0. The monoisotopic (exact) mass is 420 g/mol. The number of rotatable bonds is 6. The highest BCUT2D eigenvalue weighted by Gasteiger charge is 2.30. The number of pyridine rings is 1. The van der Waals surface area contributed by atoms with Gasteiger partial charge in [-0.2, -0.15) is 13.2 Å². The number of carbonyl (C=O) groups is 1. The molecule has 0 saturated carbocycles. The molecule has 5 nitrogen and oxygen atoms in total. The summed E-state index contributed by atoms with van der Waals surface area (Å²) >= 11 is 0. The second-order valence-electron chi connectivity index (χ2n) is 6.12. The summed E-state index contributed by atoms with van der Waals surface area (Å²) in [5.41, 5.74) is 0.324. The van der Waals surface area contributed by atoms with Crippen LogP contribution in [0.15, 0.2) is 67.1 Å². The van der Waals surface area contributed by atoms with Crippen LogP contribution < -0.4 is 0 Å². The minimum Gasteiger partial charge on any atom is -0.298 e. The molecular formula is C20H15F3N2O3S. The Balaban J connectivity index is 1.88. The third-order valence-corrected chi connectivity index (χ3v) is 5.53. The first-order chi connectivity index (χ1) is 13.7. The highest BCUT2D eigenvalue weighted by Crippen LogP contribution is 2.29. The maximum atomic E-state index is 12.8. The predicted molar refractivity (Wildman–Crippen MR) is 103 cm³/mol. The second kappa shape index (κ2) is 8.04. The van der Waals surface area contributed by atoms with Gasteiger partial charge in [0.25, 0.3) is 0 Å². The van der Waals surface area contributed by atoms with Crippen LogP contribution >= 0.6 is 0 Å². The van der Waals surface area contributed by atoms with Crippen molar-refractivity contribution >= 4 is 22.4 Å². The van der Waals surface area contributed by atoms with E-state index >= 15 is 0 Å². The van der Waals surface area contributed by atoms with Gasteiger partial charge in [0.05, 0.1) is 17.0 Å². The molecule has 0 radical (unpaired) electrons. The van der Waals surface area contributed by atoms with Crippen LogP contribution in [0.3, 0.4) is 0 Å². The number of hydrogen-bond acceptors (Lipinski definition) is 4. The Morgan fingerprint density at radius 1 is 1.03 bits per heavy atom. The van der Waals surface area contributed by atoms with E-state index in [9.17, 15) is 26.4 Å². The lowest BCUT2D eigenvalue weighted by atomic mass is 10.1. The Kier molecular flexibility index (Phi) is 5.69. The maximum absolute atomic E-state index is 12.8. The van der Waals surface area contributed by atoms with Gasteiger partial charge in [0.1, 0.15) is 0 Å². The van der Waals surface area contributed by atoms with Crippen LogP contribution in [0.25, 0.3) is 17.3 Å². The molecule has 3 aromatic rings. The summed E-state index contributed by atoms with van der Waals surface area (Å²) < 4.78 is 64.8. The number of nitrogens with zero attached hydrogens (tertiary/aromatic N) is 2. The van der Waals surface area contributed by atoms with Gasteiger partial charge in [0, 0.05) is 24.2 Å². The zero-order valence-electron chi connectivity index (χ0n) is 14.9. The summed E-state index contributed by atoms with van der Waals surface area (Å²) in [4.78, 5) is 14.6. The molecule has 1 aromatic carbocycles. The minimum atomic E-state index is -4.54. The van der Waals surface area contributed by atoms with E-state index in [4.69, 9.17) is 0 Å². The number of alkyl halides is 3. The largest absolute Gasteiger partial charge is 0.417 e. The fraction of sp³-hybridized carbons (Fsp3) is 0.100. The fourth-order valence-corrected chi connectivity index (χ4v) is 3.91. The van der Waals surface area contributed by atoms with Crippen molar-refractivity contribution < 1.29 is 26.4 Å². The van der Waals surface area contributed by atoms with Crippen LogP contribution in [0.1, 0.15) is 21.5 Å². The van der Waals surface area contributed by atoms with Gasteiger partial charge in [-0.05, 0) is 23.3 Å². The first-order valence-electron chi connectivity index (χ1n) is 8.36. The molecule has 0 unspecified atom stereocenters. The van der Waals surface area contributed by atoms with E-state index in [-0.39, 0.29) is 11.1 Å². The molecule has 2 aromatic heterocycles. The molecule has 0 aliphatic carbocycles. The topological polar surface area (TPSA) is 69.0 Å². The molecule has 0 saturated heterocycles. The molecule has 9 heteroatoms. The lowest BCUT2D eigenvalue weighted by Gasteiger charge is -2.09. The summed E-state index contributed by atoms with van der Waals surface area (Å²) in [5.74, 6) is -0.476. The van der Waals surface area contributed by atoms with Gasteiger partial charge in [-0.15, -0.1) is 0 Å². The molecule has 29 heavy (non-hydrogen) atoms. The van der Waals surface area contributed by atoms with Crippen LogP contribution in [0, 0.1) is 0 Å². The van der Waals surface area contributed by atoms with E-state index in [0.29, 0.717) is 23.7 Å². The third kappa shape index (κ3) is 4.80. The minimum absolute atomic E-state index is 0.124. The molecule has 0 spiro atoms. The number of carbonyl (C=O) groups excluding carboxylic acids is 1. The standard InChI is InChI=1S/C20H15F3N2O3S/c21-20(22,23)18-9-15(11-24-12-18)5-4-8-29(27,28)25-13-16(14-26)10-19(25)17-6-2-1-3-7-17/h1-7,9-14H,8H2. The van der Waals surface area contributed by atoms with E-state index in [0.717, 1.165) is 10.0 Å². The third-order valence-electron chi connectivity index (χ3n) is 4.02. The molecule has 2 heterocycles. The highest BCUT2D eigenvalue weighted by molar-refractivity contribution is 7.90. The molecule has 0 fully saturated rings. The number of benzene rings is 1. The Morgan fingerprint density at radius 3 is 2.41 bits per heavy atom. The summed E-state index contributed by atoms with van der Waals surface area (Å²) in [6.45, 7) is 0. The molecule has 0 aliphatic heterocycles. The smallest absolute Gasteiger partial charge is 0.298 e. The predicted octanol–water partition coefficient (Wildman–Crippen LogP) is 4.27. The van der Waals surface area contributed by atoms with Crippen LogP contribution in [-0.2, 0) is 16.2 Å². The molecular weight excluding hydrogens is 405 g/mol. The average Bonchev–Trinajstić information content (AvgIpc) is 3.14. The van der Waals surface area contributed by atoms with Crippen LogP contribution in [0.5, 0.6) is 0 Å². The SMILES string of the molecule is O=Cc1cc(-c2ccccc2)n(S(=O)(=O)CC=Cc2cncc(C(F)(F)F)c2)c1. The fourth-order valence-electron chi connectivity index (χ4n) is 2.67. The average molecular weight is 420 g/mol. The molecule has 0 N–H and O–H groups in total. The van der Waals surface area contributed by atoms with Crippen molar-refractivity contribution in [2.45, 2.75) is 6.18 Å². The van der Waals surface area contributed by atoms with Gasteiger partial charge in [-0.1, -0.05) is 42.5 Å². The lowest BCUT2D eigenvalue weighted by Crippen LogP contribution is -2.15. The molecule has 0 bridgehead atoms. The van der Waals surface area contributed by atoms with Crippen molar-refractivity contribution in [2.24, 2.45) is 0 Å². The van der Waals surface area contributed by atoms with E-state index in [1.54, 1.807) is 30.3 Å². The second-order valence-corrected chi connectivity index (χ2v) is 8.01. The number of aromatic nitrogens is 2. The van der Waals surface area contributed by atoms with Gasteiger partial charge < -0.3 is 0 Å². The first kappa shape index (κ1) is 20.5. The van der Waals surface area contributed by atoms with Gasteiger partial charge >= 0.3 is 6.18 Å². The van der Waals surface area contributed by atoms with E-state index in [1.807, 2.05) is 0 Å². The van der Waals surface area contributed by atoms with Crippen LogP contribution in [-0.4, -0.2) is 29.4 Å². The van der Waals surface area contributed by atoms with Crippen molar-refractivity contribution in [1.29, 1.82) is 0 Å². The quantitative estimate of drug-likeness (QED) is 0.559. The lowest BCUT2D eigenvalue weighted by molar-refractivity contribution is -0.137. The van der Waals surface area contributed by atoms with Gasteiger partial charge in [0.2, 0.25) is 10.0 Å². The Hall–Kier alpha value is -3.20. The molecule has 0 aliphatic rings. The zero-order valence-corrected chi connectivity index (χ0v) is 15.7. The van der Waals surface area contributed by atoms with Crippen molar-refractivity contribution in [3.63, 3.8) is 0 Å². The Morgan fingerprint density at radius 2 is 1.76 bits per heavy atom. The van der Waals surface area contributed by atoms with E-state index in [1.165, 1.54) is 30.6 Å². The van der Waals surface area contributed by atoms with Crippen molar-refractivity contribution in [1.82, 2.24) is 8.96 Å². The molecule has 150 valence electrons. The maximum Gasteiger partial charge on any atom is 0.417 e. The van der Waals surface area contributed by atoms with Gasteiger partial charge in [0.15, 0.2) is 6.29 Å². The van der Waals surface area contributed by atoms with Crippen molar-refractivity contribution in [2.75, 3.05) is 5.75 Å². The molecule has 3 rings (SSSR count). The summed E-state index contributed by atoms with van der Waals surface area (Å²) in [6.07, 6.45) is 1.61. The van der Waals surface area contributed by atoms with E-state index < -0.39 is 27.5 Å². The number of halogens is 3. The normalized spacial score (nSPS) is 12.4. The van der Waals surface area contributed by atoms with Crippen LogP contribution in [0.2, 0.25) is 0 Å². The summed E-state index contributed by atoms with van der Waals surface area (Å²) in [7, 11) is -3.91. The van der Waals surface area contributed by atoms with Crippen molar-refractivity contribution in [3.8, 4) is 11.3 Å². The Labute approximate surface area is 165 Å². The zero-order chi connectivity index (χ0) is 21.1. The molecule has 0 amide bonds. The highest BCUT2D eigenvalue weighted by atomic mass is 32.2. The van der Waals surface area contributed by atoms with E-state index in [2.05, 4.69) is 4.98 Å². The van der Waals surface area contributed by atoms with Crippen molar-refractivity contribution in [3.05, 3.63) is 83.8 Å². The molecule has 0 atom stereocenters.